The molecular formula is C18H29N7. The highest BCUT2D eigenvalue weighted by molar-refractivity contribution is 5.79. The van der Waals surface area contributed by atoms with Gasteiger partial charge in [0.2, 0.25) is 0 Å². The molecule has 1 heterocycles. The van der Waals surface area contributed by atoms with Crippen LogP contribution in [-0.2, 0) is 13.0 Å². The summed E-state index contributed by atoms with van der Waals surface area (Å²) in [6, 6.07) is 10.8. The van der Waals surface area contributed by atoms with Crippen LogP contribution in [0, 0.1) is 0 Å². The number of rotatable bonds is 8. The molecule has 0 saturated carbocycles. The Hall–Kier alpha value is -2.41. The number of aliphatic imine (C=N–C) groups is 1. The highest BCUT2D eigenvalue weighted by Crippen LogP contribution is 2.16. The van der Waals surface area contributed by atoms with Gasteiger partial charge in [0.15, 0.2) is 5.96 Å². The summed E-state index contributed by atoms with van der Waals surface area (Å²) in [6.45, 7) is 4.44. The first-order valence-electron chi connectivity index (χ1n) is 8.68. The summed E-state index contributed by atoms with van der Waals surface area (Å²) in [5, 5.41) is 14.8. The largest absolute Gasteiger partial charge is 0.355 e. The van der Waals surface area contributed by atoms with Crippen molar-refractivity contribution in [2.24, 2.45) is 4.99 Å². The van der Waals surface area contributed by atoms with Crippen molar-refractivity contribution in [2.75, 3.05) is 34.2 Å². The van der Waals surface area contributed by atoms with Gasteiger partial charge in [0.1, 0.15) is 12.2 Å². The first-order chi connectivity index (χ1) is 12.2. The second kappa shape index (κ2) is 9.78. The lowest BCUT2D eigenvalue weighted by molar-refractivity contribution is 0.298. The molecule has 0 saturated heterocycles. The molecule has 2 rings (SSSR count). The molecule has 0 fully saturated rings. The molecule has 0 spiro atoms. The highest BCUT2D eigenvalue weighted by atomic mass is 15.3. The van der Waals surface area contributed by atoms with Crippen molar-refractivity contribution in [3.05, 3.63) is 48.0 Å². The predicted octanol–water partition coefficient (Wildman–Crippen LogP) is 1.31. The second-order valence-electron chi connectivity index (χ2n) is 6.06. The molecule has 136 valence electrons. The Labute approximate surface area is 150 Å². The lowest BCUT2D eigenvalue weighted by Gasteiger charge is -2.26. The zero-order valence-corrected chi connectivity index (χ0v) is 15.6. The normalized spacial score (nSPS) is 13.1. The molecule has 0 radical (unpaired) electrons. The molecule has 1 aromatic carbocycles. The lowest BCUT2D eigenvalue weighted by Crippen LogP contribution is -2.42. The van der Waals surface area contributed by atoms with Gasteiger partial charge in [0, 0.05) is 33.1 Å². The zero-order chi connectivity index (χ0) is 18.1. The Bertz CT molecular complexity index is 648. The molecule has 1 atom stereocenters. The van der Waals surface area contributed by atoms with Gasteiger partial charge in [0.05, 0.1) is 6.04 Å². The second-order valence-corrected chi connectivity index (χ2v) is 6.06. The van der Waals surface area contributed by atoms with Gasteiger partial charge in [-0.15, -0.1) is 10.2 Å². The minimum Gasteiger partial charge on any atom is -0.355 e. The number of hydrogen-bond donors (Lipinski definition) is 2. The van der Waals surface area contributed by atoms with E-state index in [1.54, 1.807) is 13.4 Å². The third-order valence-electron chi connectivity index (χ3n) is 4.15. The van der Waals surface area contributed by atoms with E-state index in [0.29, 0.717) is 0 Å². The number of nitrogens with one attached hydrogen (secondary N) is 2. The molecule has 0 aliphatic carbocycles. The summed E-state index contributed by atoms with van der Waals surface area (Å²) in [5.74, 6) is 1.80. The molecule has 0 bridgehead atoms. The fraction of sp³-hybridized carbons (Fsp3) is 0.500. The molecule has 2 N–H and O–H groups in total. The van der Waals surface area contributed by atoms with Crippen LogP contribution in [0.25, 0.3) is 0 Å². The molecule has 0 aliphatic heterocycles. The first-order valence-corrected chi connectivity index (χ1v) is 8.68. The number of likely N-dealkylation sites (N-methyl/N-ethyl adjacent to an activating group) is 1. The fourth-order valence-electron chi connectivity index (χ4n) is 2.72. The summed E-state index contributed by atoms with van der Waals surface area (Å²) in [4.78, 5) is 6.52. The van der Waals surface area contributed by atoms with Crippen molar-refractivity contribution in [3.8, 4) is 0 Å². The Morgan fingerprint density at radius 1 is 1.24 bits per heavy atom. The van der Waals surface area contributed by atoms with E-state index in [4.69, 9.17) is 0 Å². The molecule has 1 unspecified atom stereocenters. The van der Waals surface area contributed by atoms with Crippen LogP contribution < -0.4 is 10.6 Å². The smallest absolute Gasteiger partial charge is 0.191 e. The summed E-state index contributed by atoms with van der Waals surface area (Å²) in [5.41, 5.74) is 1.28. The van der Waals surface area contributed by atoms with Crippen LogP contribution in [0.1, 0.15) is 24.4 Å². The maximum atomic E-state index is 4.31. The monoisotopic (exact) mass is 343 g/mol. The van der Waals surface area contributed by atoms with E-state index in [1.807, 2.05) is 6.07 Å². The number of nitrogens with zero attached hydrogens (tertiary/aromatic N) is 5. The third-order valence-corrected chi connectivity index (χ3v) is 4.15. The molecule has 25 heavy (non-hydrogen) atoms. The third kappa shape index (κ3) is 5.56. The van der Waals surface area contributed by atoms with Crippen molar-refractivity contribution in [2.45, 2.75) is 25.9 Å². The van der Waals surface area contributed by atoms with Gasteiger partial charge in [-0.05, 0) is 19.7 Å². The Balaban J connectivity index is 1.84. The molecule has 0 aliphatic rings. The van der Waals surface area contributed by atoms with Gasteiger partial charge >= 0.3 is 0 Å². The van der Waals surface area contributed by atoms with Crippen molar-refractivity contribution in [3.63, 3.8) is 0 Å². The number of aryl methyl sites for hydroxylation is 1. The van der Waals surface area contributed by atoms with Crippen molar-refractivity contribution >= 4 is 5.96 Å². The average Bonchev–Trinajstić information content (AvgIpc) is 3.08. The van der Waals surface area contributed by atoms with Crippen LogP contribution in [0.2, 0.25) is 0 Å². The Morgan fingerprint density at radius 2 is 2.00 bits per heavy atom. The lowest BCUT2D eigenvalue weighted by atomic mass is 10.1. The Morgan fingerprint density at radius 3 is 2.64 bits per heavy atom. The number of hydrogen-bond acceptors (Lipinski definition) is 4. The van der Waals surface area contributed by atoms with E-state index in [2.05, 4.69) is 80.6 Å². The minimum absolute atomic E-state index is 0.282. The summed E-state index contributed by atoms with van der Waals surface area (Å²) < 4.78 is 2.06. The van der Waals surface area contributed by atoms with Gasteiger partial charge in [-0.2, -0.15) is 0 Å². The standard InChI is InChI=1S/C18H29N7/c1-5-17-23-22-14-25(17)12-11-20-18(19-2)21-13-16(24(3)4)15-9-7-6-8-10-15/h6-10,14,16H,5,11-13H2,1-4H3,(H2,19,20,21). The number of benzene rings is 1. The number of aromatic nitrogens is 3. The highest BCUT2D eigenvalue weighted by Gasteiger charge is 2.14. The minimum atomic E-state index is 0.282. The van der Waals surface area contributed by atoms with Gasteiger partial charge in [-0.3, -0.25) is 4.99 Å². The van der Waals surface area contributed by atoms with E-state index in [0.717, 1.165) is 37.8 Å². The molecule has 1 aromatic heterocycles. The maximum absolute atomic E-state index is 4.31. The molecular weight excluding hydrogens is 314 g/mol. The zero-order valence-electron chi connectivity index (χ0n) is 15.6. The summed E-state index contributed by atoms with van der Waals surface area (Å²) in [6.07, 6.45) is 2.66. The van der Waals surface area contributed by atoms with Crippen LogP contribution in [0.15, 0.2) is 41.7 Å². The number of guanidine groups is 1. The van der Waals surface area contributed by atoms with Gasteiger partial charge in [-0.1, -0.05) is 37.3 Å². The van der Waals surface area contributed by atoms with Crippen molar-refractivity contribution < 1.29 is 0 Å². The van der Waals surface area contributed by atoms with E-state index >= 15 is 0 Å². The summed E-state index contributed by atoms with van der Waals surface area (Å²) >= 11 is 0. The van der Waals surface area contributed by atoms with Crippen LogP contribution >= 0.6 is 0 Å². The van der Waals surface area contributed by atoms with Crippen LogP contribution in [-0.4, -0.2) is 59.9 Å². The van der Waals surface area contributed by atoms with Crippen LogP contribution in [0.3, 0.4) is 0 Å². The quantitative estimate of drug-likeness (QED) is 0.559. The SMILES string of the molecule is CCc1nncn1CCNC(=NC)NCC(c1ccccc1)N(C)C. The molecule has 7 nitrogen and oxygen atoms in total. The molecule has 0 amide bonds. The van der Waals surface area contributed by atoms with E-state index < -0.39 is 0 Å². The van der Waals surface area contributed by atoms with E-state index in [1.165, 1.54) is 5.56 Å². The van der Waals surface area contributed by atoms with Gasteiger partial charge < -0.3 is 20.1 Å². The van der Waals surface area contributed by atoms with Crippen molar-refractivity contribution in [1.82, 2.24) is 30.3 Å². The van der Waals surface area contributed by atoms with Gasteiger partial charge in [0.25, 0.3) is 0 Å². The Kier molecular flexibility index (Phi) is 7.40. The van der Waals surface area contributed by atoms with Crippen LogP contribution in [0.5, 0.6) is 0 Å². The summed E-state index contributed by atoms with van der Waals surface area (Å²) in [7, 11) is 5.97. The topological polar surface area (TPSA) is 70.4 Å². The first kappa shape index (κ1) is 18.9. The average molecular weight is 343 g/mol. The van der Waals surface area contributed by atoms with Crippen LogP contribution in [0.4, 0.5) is 0 Å². The van der Waals surface area contributed by atoms with Gasteiger partial charge in [-0.25, -0.2) is 0 Å². The molecule has 7 heteroatoms. The van der Waals surface area contributed by atoms with E-state index in [9.17, 15) is 0 Å². The van der Waals surface area contributed by atoms with Crippen molar-refractivity contribution in [1.29, 1.82) is 0 Å². The predicted molar refractivity (Wildman–Crippen MR) is 102 cm³/mol. The maximum Gasteiger partial charge on any atom is 0.191 e. The fourth-order valence-corrected chi connectivity index (χ4v) is 2.72. The van der Waals surface area contributed by atoms with E-state index in [-0.39, 0.29) is 6.04 Å². The molecule has 2 aromatic rings.